The first-order valence-electron chi connectivity index (χ1n) is 11.8. The Bertz CT molecular complexity index is 1210. The molecule has 1 heterocycles. The minimum atomic E-state index is -4.54. The third-order valence-electron chi connectivity index (χ3n) is 5.42. The SMILES string of the molecule is CC(C)Cn1c(SCC(=O)Nc2cc(C(F)(F)F)ccc2Cl)nnc1C(C)Oc1ccc(C(C)C)cc1. The number of nitrogens with one attached hydrogen (secondary N) is 1. The molecule has 0 radical (unpaired) electrons. The van der Waals surface area contributed by atoms with E-state index in [0.717, 1.165) is 30.0 Å². The van der Waals surface area contributed by atoms with Crippen LogP contribution in [0.1, 0.15) is 63.6 Å². The summed E-state index contributed by atoms with van der Waals surface area (Å²) in [6.45, 7) is 10.8. The smallest absolute Gasteiger partial charge is 0.416 e. The van der Waals surface area contributed by atoms with E-state index in [2.05, 4.69) is 43.2 Å². The fourth-order valence-electron chi connectivity index (χ4n) is 3.55. The van der Waals surface area contributed by atoms with Crippen LogP contribution < -0.4 is 10.1 Å². The maximum absolute atomic E-state index is 13.0. The van der Waals surface area contributed by atoms with Crippen LogP contribution in [-0.2, 0) is 17.5 Å². The summed E-state index contributed by atoms with van der Waals surface area (Å²) in [6.07, 6.45) is -4.94. The molecule has 2 aromatic carbocycles. The summed E-state index contributed by atoms with van der Waals surface area (Å²) in [7, 11) is 0. The number of nitrogens with zero attached hydrogens (tertiary/aromatic N) is 3. The van der Waals surface area contributed by atoms with Gasteiger partial charge in [0.1, 0.15) is 5.75 Å². The van der Waals surface area contributed by atoms with Crippen LogP contribution >= 0.6 is 23.4 Å². The standard InChI is InChI=1S/C26H30ClF3N4O2S/c1-15(2)13-34-24(17(5)36-20-9-6-18(7-10-20)16(3)4)32-33-25(34)37-14-23(35)31-22-12-19(26(28,29)30)8-11-21(22)27/h6-12,15-17H,13-14H2,1-5H3,(H,31,35). The number of amides is 1. The molecule has 1 amide bonds. The Morgan fingerprint density at radius 2 is 1.76 bits per heavy atom. The molecule has 11 heteroatoms. The third kappa shape index (κ3) is 7.88. The van der Waals surface area contributed by atoms with Gasteiger partial charge in [-0.25, -0.2) is 0 Å². The van der Waals surface area contributed by atoms with Crippen molar-refractivity contribution in [3.8, 4) is 5.75 Å². The van der Waals surface area contributed by atoms with Crippen molar-refractivity contribution in [1.29, 1.82) is 0 Å². The average molecular weight is 555 g/mol. The van der Waals surface area contributed by atoms with Gasteiger partial charge in [-0.05, 0) is 54.7 Å². The van der Waals surface area contributed by atoms with Crippen LogP contribution in [0.2, 0.25) is 5.02 Å². The van der Waals surface area contributed by atoms with Gasteiger partial charge < -0.3 is 14.6 Å². The van der Waals surface area contributed by atoms with E-state index < -0.39 is 23.8 Å². The molecule has 0 aliphatic carbocycles. The lowest BCUT2D eigenvalue weighted by Gasteiger charge is -2.18. The molecule has 37 heavy (non-hydrogen) atoms. The number of hydrogen-bond donors (Lipinski definition) is 1. The molecule has 6 nitrogen and oxygen atoms in total. The Morgan fingerprint density at radius 1 is 1.08 bits per heavy atom. The summed E-state index contributed by atoms with van der Waals surface area (Å²) in [5, 5.41) is 11.6. The minimum absolute atomic E-state index is 0.0176. The first-order valence-corrected chi connectivity index (χ1v) is 13.2. The van der Waals surface area contributed by atoms with Gasteiger partial charge in [0, 0.05) is 6.54 Å². The van der Waals surface area contributed by atoms with Gasteiger partial charge in [-0.1, -0.05) is 63.2 Å². The highest BCUT2D eigenvalue weighted by molar-refractivity contribution is 7.99. The third-order valence-corrected chi connectivity index (χ3v) is 6.71. The van der Waals surface area contributed by atoms with E-state index in [0.29, 0.717) is 29.2 Å². The molecule has 1 N–H and O–H groups in total. The second-order valence-corrected chi connectivity index (χ2v) is 10.7. The van der Waals surface area contributed by atoms with E-state index in [1.165, 1.54) is 5.56 Å². The van der Waals surface area contributed by atoms with Gasteiger partial charge in [0.15, 0.2) is 17.1 Å². The number of carbonyl (C=O) groups excluding carboxylic acids is 1. The molecule has 200 valence electrons. The van der Waals surface area contributed by atoms with Crippen LogP contribution in [0.25, 0.3) is 0 Å². The molecular formula is C26H30ClF3N4O2S. The van der Waals surface area contributed by atoms with E-state index >= 15 is 0 Å². The molecule has 3 rings (SSSR count). The van der Waals surface area contributed by atoms with Gasteiger partial charge in [0.25, 0.3) is 0 Å². The molecule has 0 aliphatic rings. The van der Waals surface area contributed by atoms with Gasteiger partial charge in [-0.3, -0.25) is 4.79 Å². The van der Waals surface area contributed by atoms with Crippen LogP contribution in [0, 0.1) is 5.92 Å². The first-order chi connectivity index (χ1) is 17.3. The summed E-state index contributed by atoms with van der Waals surface area (Å²) in [5.41, 5.74) is 0.220. The van der Waals surface area contributed by atoms with Gasteiger partial charge in [0.2, 0.25) is 5.91 Å². The number of halogens is 4. The van der Waals surface area contributed by atoms with Crippen LogP contribution in [-0.4, -0.2) is 26.4 Å². The summed E-state index contributed by atoms with van der Waals surface area (Å²) in [6, 6.07) is 10.7. The Kier molecular flexibility index (Phi) is 9.52. The van der Waals surface area contributed by atoms with E-state index in [1.807, 2.05) is 35.8 Å². The largest absolute Gasteiger partial charge is 0.483 e. The Labute approximate surface area is 223 Å². The van der Waals surface area contributed by atoms with Crippen molar-refractivity contribution in [2.45, 2.75) is 64.5 Å². The number of aromatic nitrogens is 3. The number of hydrogen-bond acceptors (Lipinski definition) is 5. The number of benzene rings is 2. The zero-order valence-corrected chi connectivity index (χ0v) is 22.8. The summed E-state index contributed by atoms with van der Waals surface area (Å²) >= 11 is 7.13. The predicted octanol–water partition coefficient (Wildman–Crippen LogP) is 7.60. The molecule has 1 atom stereocenters. The Balaban J connectivity index is 1.71. The van der Waals surface area contributed by atoms with Gasteiger partial charge >= 0.3 is 6.18 Å². The van der Waals surface area contributed by atoms with Crippen molar-refractivity contribution < 1.29 is 22.7 Å². The first kappa shape index (κ1) is 28.8. The van der Waals surface area contributed by atoms with Crippen molar-refractivity contribution in [1.82, 2.24) is 14.8 Å². The van der Waals surface area contributed by atoms with Crippen LogP contribution in [0.5, 0.6) is 5.75 Å². The lowest BCUT2D eigenvalue weighted by atomic mass is 10.0. The maximum atomic E-state index is 13.0. The van der Waals surface area contributed by atoms with Crippen LogP contribution in [0.15, 0.2) is 47.6 Å². The Hall–Kier alpha value is -2.72. The second-order valence-electron chi connectivity index (χ2n) is 9.36. The maximum Gasteiger partial charge on any atom is 0.416 e. The van der Waals surface area contributed by atoms with Crippen molar-refractivity contribution in [3.63, 3.8) is 0 Å². The Morgan fingerprint density at radius 3 is 2.35 bits per heavy atom. The predicted molar refractivity (Wildman–Crippen MR) is 140 cm³/mol. The monoisotopic (exact) mass is 554 g/mol. The molecule has 0 fully saturated rings. The molecule has 0 saturated heterocycles. The second kappa shape index (κ2) is 12.2. The summed E-state index contributed by atoms with van der Waals surface area (Å²) in [4.78, 5) is 12.5. The summed E-state index contributed by atoms with van der Waals surface area (Å²) < 4.78 is 47.1. The highest BCUT2D eigenvalue weighted by Gasteiger charge is 2.31. The summed E-state index contributed by atoms with van der Waals surface area (Å²) in [5.74, 6) is 1.41. The zero-order valence-electron chi connectivity index (χ0n) is 21.3. The number of thioether (sulfide) groups is 1. The van der Waals surface area contributed by atoms with Crippen LogP contribution in [0.3, 0.4) is 0 Å². The molecule has 3 aromatic rings. The zero-order chi connectivity index (χ0) is 27.3. The number of anilines is 1. The number of carbonyl (C=O) groups is 1. The van der Waals surface area contributed by atoms with Crippen molar-refractivity contribution in [2.75, 3.05) is 11.1 Å². The fraction of sp³-hybridized carbons (Fsp3) is 0.423. The normalized spacial score (nSPS) is 12.7. The van der Waals surface area contributed by atoms with Crippen molar-refractivity contribution in [2.24, 2.45) is 5.92 Å². The number of rotatable bonds is 10. The molecule has 0 spiro atoms. The molecule has 1 aromatic heterocycles. The molecule has 0 bridgehead atoms. The average Bonchev–Trinajstić information content (AvgIpc) is 3.20. The fourth-order valence-corrected chi connectivity index (χ4v) is 4.47. The van der Waals surface area contributed by atoms with Crippen molar-refractivity contribution in [3.05, 3.63) is 64.4 Å². The number of alkyl halides is 3. The van der Waals surface area contributed by atoms with Gasteiger partial charge in [0.05, 0.1) is 22.0 Å². The van der Waals surface area contributed by atoms with E-state index in [1.54, 1.807) is 0 Å². The van der Waals surface area contributed by atoms with Gasteiger partial charge in [-0.2, -0.15) is 13.2 Å². The molecule has 1 unspecified atom stereocenters. The highest BCUT2D eigenvalue weighted by Crippen LogP contribution is 2.34. The van der Waals surface area contributed by atoms with E-state index in [4.69, 9.17) is 16.3 Å². The lowest BCUT2D eigenvalue weighted by molar-refractivity contribution is -0.137. The number of ether oxygens (including phenoxy) is 1. The van der Waals surface area contributed by atoms with E-state index in [9.17, 15) is 18.0 Å². The lowest BCUT2D eigenvalue weighted by Crippen LogP contribution is -2.17. The van der Waals surface area contributed by atoms with Crippen molar-refractivity contribution >= 4 is 35.0 Å². The highest BCUT2D eigenvalue weighted by atomic mass is 35.5. The molecule has 0 saturated carbocycles. The minimum Gasteiger partial charge on any atom is -0.483 e. The van der Waals surface area contributed by atoms with Gasteiger partial charge in [-0.15, -0.1) is 10.2 Å². The van der Waals surface area contributed by atoms with E-state index in [-0.39, 0.29) is 22.4 Å². The topological polar surface area (TPSA) is 69.0 Å². The quantitative estimate of drug-likeness (QED) is 0.261. The van der Waals surface area contributed by atoms with Crippen LogP contribution in [0.4, 0.5) is 18.9 Å². The molecule has 0 aliphatic heterocycles. The molecular weight excluding hydrogens is 525 g/mol.